The first kappa shape index (κ1) is 13.9. The summed E-state index contributed by atoms with van der Waals surface area (Å²) in [7, 11) is 1.58. The van der Waals surface area contributed by atoms with Crippen LogP contribution in [0.4, 0.5) is 0 Å². The van der Waals surface area contributed by atoms with E-state index >= 15 is 0 Å². The molecule has 2 atom stereocenters. The summed E-state index contributed by atoms with van der Waals surface area (Å²) in [6.45, 7) is 1.88. The van der Waals surface area contributed by atoms with Crippen LogP contribution in [0.5, 0.6) is 5.75 Å². The lowest BCUT2D eigenvalue weighted by atomic mass is 9.80. The van der Waals surface area contributed by atoms with Gasteiger partial charge in [-0.15, -0.1) is 0 Å². The van der Waals surface area contributed by atoms with E-state index in [1.165, 1.54) is 0 Å². The first-order chi connectivity index (χ1) is 9.02. The Kier molecular flexibility index (Phi) is 3.80. The number of rotatable bonds is 5. The molecule has 2 unspecified atom stereocenters. The molecule has 0 saturated carbocycles. The maximum absolute atomic E-state index is 11.5. The van der Waals surface area contributed by atoms with Gasteiger partial charge in [0, 0.05) is 5.92 Å². The van der Waals surface area contributed by atoms with Crippen molar-refractivity contribution in [1.82, 2.24) is 0 Å². The fraction of sp³-hybridized carbons (Fsp3) is 0.533. The van der Waals surface area contributed by atoms with Crippen molar-refractivity contribution >= 4 is 5.97 Å². The smallest absolute Gasteiger partial charge is 0.336 e. The lowest BCUT2D eigenvalue weighted by molar-refractivity contribution is -0.162. The SMILES string of the molecule is CCCC(O)(C(=O)O)C1CCc2ccc(OC)cc21. The largest absolute Gasteiger partial charge is 0.497 e. The molecule has 19 heavy (non-hydrogen) atoms. The number of carboxylic acid groups (broad SMARTS) is 1. The molecule has 0 aliphatic heterocycles. The summed E-state index contributed by atoms with van der Waals surface area (Å²) in [6, 6.07) is 5.69. The number of hydrogen-bond acceptors (Lipinski definition) is 3. The van der Waals surface area contributed by atoms with E-state index in [-0.39, 0.29) is 12.3 Å². The van der Waals surface area contributed by atoms with Crippen LogP contribution in [0, 0.1) is 0 Å². The van der Waals surface area contributed by atoms with Crippen molar-refractivity contribution in [2.75, 3.05) is 7.11 Å². The maximum Gasteiger partial charge on any atom is 0.336 e. The van der Waals surface area contributed by atoms with Gasteiger partial charge in [0.25, 0.3) is 0 Å². The average molecular weight is 264 g/mol. The minimum absolute atomic E-state index is 0.268. The second kappa shape index (κ2) is 5.21. The van der Waals surface area contributed by atoms with Gasteiger partial charge in [-0.25, -0.2) is 4.79 Å². The van der Waals surface area contributed by atoms with E-state index < -0.39 is 11.6 Å². The van der Waals surface area contributed by atoms with Gasteiger partial charge in [0.2, 0.25) is 0 Å². The summed E-state index contributed by atoms with van der Waals surface area (Å²) in [5.41, 5.74) is 0.353. The standard InChI is InChI=1S/C15H20O4/c1-3-8-15(18,14(16)17)13-7-5-10-4-6-11(19-2)9-12(10)13/h4,6,9,13,18H,3,5,7-8H2,1-2H3,(H,16,17). The summed E-state index contributed by atoms with van der Waals surface area (Å²) in [5.74, 6) is -0.778. The molecule has 0 fully saturated rings. The lowest BCUT2D eigenvalue weighted by Gasteiger charge is -2.30. The highest BCUT2D eigenvalue weighted by atomic mass is 16.5. The minimum atomic E-state index is -1.67. The molecule has 0 radical (unpaired) electrons. The molecule has 0 amide bonds. The maximum atomic E-state index is 11.5. The Labute approximate surface area is 113 Å². The molecule has 1 aromatic carbocycles. The van der Waals surface area contributed by atoms with E-state index in [4.69, 9.17) is 4.74 Å². The van der Waals surface area contributed by atoms with Crippen LogP contribution in [0.15, 0.2) is 18.2 Å². The highest BCUT2D eigenvalue weighted by Crippen LogP contribution is 2.44. The average Bonchev–Trinajstić information content (AvgIpc) is 2.81. The Bertz CT molecular complexity index is 483. The molecule has 0 spiro atoms. The molecule has 4 heteroatoms. The number of aliphatic hydroxyl groups is 1. The Morgan fingerprint density at radius 1 is 1.53 bits per heavy atom. The molecule has 1 aliphatic carbocycles. The van der Waals surface area contributed by atoms with E-state index in [1.54, 1.807) is 7.11 Å². The van der Waals surface area contributed by atoms with Crippen LogP contribution >= 0.6 is 0 Å². The molecule has 0 aromatic heterocycles. The van der Waals surface area contributed by atoms with Crippen molar-refractivity contribution in [1.29, 1.82) is 0 Å². The summed E-state index contributed by atoms with van der Waals surface area (Å²) in [4.78, 5) is 11.5. The molecular weight excluding hydrogens is 244 g/mol. The number of aliphatic carboxylic acids is 1. The Hall–Kier alpha value is -1.55. The second-order valence-corrected chi connectivity index (χ2v) is 5.14. The molecule has 1 aliphatic rings. The van der Waals surface area contributed by atoms with Gasteiger partial charge in [0.05, 0.1) is 7.11 Å². The van der Waals surface area contributed by atoms with Crippen LogP contribution in [0.2, 0.25) is 0 Å². The summed E-state index contributed by atoms with van der Waals surface area (Å²) in [6.07, 6.45) is 2.39. The van der Waals surface area contributed by atoms with E-state index in [2.05, 4.69) is 0 Å². The van der Waals surface area contributed by atoms with E-state index in [9.17, 15) is 15.0 Å². The monoisotopic (exact) mass is 264 g/mol. The number of ether oxygens (including phenoxy) is 1. The Morgan fingerprint density at radius 3 is 2.84 bits per heavy atom. The number of benzene rings is 1. The zero-order valence-corrected chi connectivity index (χ0v) is 11.3. The van der Waals surface area contributed by atoms with Crippen molar-refractivity contribution in [2.24, 2.45) is 0 Å². The number of methoxy groups -OCH3 is 1. The van der Waals surface area contributed by atoms with Crippen molar-refractivity contribution in [3.8, 4) is 5.75 Å². The van der Waals surface area contributed by atoms with Crippen LogP contribution in [0.25, 0.3) is 0 Å². The molecule has 104 valence electrons. The molecule has 1 aromatic rings. The number of hydrogen-bond donors (Lipinski definition) is 2. The fourth-order valence-electron chi connectivity index (χ4n) is 3.01. The number of carbonyl (C=O) groups is 1. The predicted molar refractivity (Wildman–Crippen MR) is 71.5 cm³/mol. The fourth-order valence-corrected chi connectivity index (χ4v) is 3.01. The molecule has 4 nitrogen and oxygen atoms in total. The molecule has 0 heterocycles. The van der Waals surface area contributed by atoms with Gasteiger partial charge >= 0.3 is 5.97 Å². The Balaban J connectivity index is 2.41. The first-order valence-electron chi connectivity index (χ1n) is 6.65. The van der Waals surface area contributed by atoms with Gasteiger partial charge < -0.3 is 14.9 Å². The third-order valence-electron chi connectivity index (χ3n) is 4.01. The van der Waals surface area contributed by atoms with Crippen LogP contribution in [0.3, 0.4) is 0 Å². The van der Waals surface area contributed by atoms with Gasteiger partial charge in [0.1, 0.15) is 5.75 Å². The number of aryl methyl sites for hydroxylation is 1. The highest BCUT2D eigenvalue weighted by Gasteiger charge is 2.46. The first-order valence-corrected chi connectivity index (χ1v) is 6.65. The van der Waals surface area contributed by atoms with Gasteiger partial charge in [-0.2, -0.15) is 0 Å². The van der Waals surface area contributed by atoms with Crippen LogP contribution in [-0.2, 0) is 11.2 Å². The molecule has 2 N–H and O–H groups in total. The topological polar surface area (TPSA) is 66.8 Å². The van der Waals surface area contributed by atoms with Crippen molar-refractivity contribution < 1.29 is 19.7 Å². The zero-order valence-electron chi connectivity index (χ0n) is 11.3. The van der Waals surface area contributed by atoms with Crippen LogP contribution in [0.1, 0.15) is 43.2 Å². The van der Waals surface area contributed by atoms with E-state index in [0.29, 0.717) is 18.6 Å². The minimum Gasteiger partial charge on any atom is -0.497 e. The third-order valence-corrected chi connectivity index (χ3v) is 4.01. The van der Waals surface area contributed by atoms with Gasteiger partial charge in [-0.05, 0) is 42.5 Å². The van der Waals surface area contributed by atoms with Crippen molar-refractivity contribution in [3.63, 3.8) is 0 Å². The molecule has 0 bridgehead atoms. The molecular formula is C15H20O4. The summed E-state index contributed by atoms with van der Waals surface area (Å²) < 4.78 is 5.19. The highest BCUT2D eigenvalue weighted by molar-refractivity contribution is 5.79. The number of carboxylic acids is 1. The molecule has 0 saturated heterocycles. The van der Waals surface area contributed by atoms with Crippen molar-refractivity contribution in [2.45, 2.75) is 44.1 Å². The quantitative estimate of drug-likeness (QED) is 0.856. The van der Waals surface area contributed by atoms with E-state index in [0.717, 1.165) is 17.5 Å². The predicted octanol–water partition coefficient (Wildman–Crippen LogP) is 2.34. The van der Waals surface area contributed by atoms with E-state index in [1.807, 2.05) is 25.1 Å². The van der Waals surface area contributed by atoms with Crippen molar-refractivity contribution in [3.05, 3.63) is 29.3 Å². The van der Waals surface area contributed by atoms with Gasteiger partial charge in [-0.3, -0.25) is 0 Å². The lowest BCUT2D eigenvalue weighted by Crippen LogP contribution is -2.43. The van der Waals surface area contributed by atoms with Crippen LogP contribution in [-0.4, -0.2) is 28.9 Å². The second-order valence-electron chi connectivity index (χ2n) is 5.14. The van der Waals surface area contributed by atoms with Crippen LogP contribution < -0.4 is 4.74 Å². The molecule has 2 rings (SSSR count). The third kappa shape index (κ3) is 2.32. The number of fused-ring (bicyclic) bond motifs is 1. The Morgan fingerprint density at radius 2 is 2.26 bits per heavy atom. The normalized spacial score (nSPS) is 20.7. The van der Waals surface area contributed by atoms with Gasteiger partial charge in [-0.1, -0.05) is 19.4 Å². The summed E-state index contributed by atoms with van der Waals surface area (Å²) in [5, 5.41) is 20.0. The zero-order chi connectivity index (χ0) is 14.0. The summed E-state index contributed by atoms with van der Waals surface area (Å²) >= 11 is 0. The van der Waals surface area contributed by atoms with Gasteiger partial charge in [0.15, 0.2) is 5.60 Å².